The number of benzene rings is 1. The van der Waals surface area contributed by atoms with Gasteiger partial charge < -0.3 is 15.3 Å². The van der Waals surface area contributed by atoms with E-state index in [-0.39, 0.29) is 30.1 Å². The van der Waals surface area contributed by atoms with E-state index >= 15 is 0 Å². The molecule has 5 nitrogen and oxygen atoms in total. The van der Waals surface area contributed by atoms with Crippen molar-refractivity contribution in [2.45, 2.75) is 26.0 Å². The van der Waals surface area contributed by atoms with Crippen LogP contribution < -0.4 is 5.32 Å². The van der Waals surface area contributed by atoms with E-state index in [1.54, 1.807) is 11.3 Å². The maximum absolute atomic E-state index is 9.70. The summed E-state index contributed by atoms with van der Waals surface area (Å²) in [5.74, 6) is 0.860. The molecule has 0 radical (unpaired) electrons. The van der Waals surface area contributed by atoms with Gasteiger partial charge in [-0.25, -0.2) is 9.98 Å². The van der Waals surface area contributed by atoms with Crippen LogP contribution in [-0.2, 0) is 6.54 Å². The summed E-state index contributed by atoms with van der Waals surface area (Å²) in [6.45, 7) is 4.92. The van der Waals surface area contributed by atoms with Crippen LogP contribution in [0.1, 0.15) is 19.0 Å². The maximum atomic E-state index is 9.70. The summed E-state index contributed by atoms with van der Waals surface area (Å²) in [7, 11) is 0. The molecule has 3 rings (SSSR count). The van der Waals surface area contributed by atoms with Crippen LogP contribution in [0.2, 0.25) is 0 Å². The molecule has 2 N–H and O–H groups in total. The average Bonchev–Trinajstić information content (AvgIpc) is 3.21. The molecule has 2 aromatic rings. The highest BCUT2D eigenvalue weighted by Crippen LogP contribution is 2.23. The van der Waals surface area contributed by atoms with Crippen molar-refractivity contribution in [1.82, 2.24) is 15.2 Å². The lowest BCUT2D eigenvalue weighted by atomic mass is 10.2. The minimum atomic E-state index is -0.247. The lowest BCUT2D eigenvalue weighted by Crippen LogP contribution is -2.40. The first-order valence-electron chi connectivity index (χ1n) is 7.97. The Hall–Kier alpha value is -1.19. The second-order valence-corrected chi connectivity index (χ2v) is 6.43. The first-order chi connectivity index (χ1) is 11.3. The Balaban J connectivity index is 0.00000208. The van der Waals surface area contributed by atoms with Crippen LogP contribution in [0, 0.1) is 0 Å². The zero-order valence-electron chi connectivity index (χ0n) is 13.7. The summed E-state index contributed by atoms with van der Waals surface area (Å²) in [4.78, 5) is 11.5. The fraction of sp³-hybridized carbons (Fsp3) is 0.412. The molecule has 7 heteroatoms. The molecule has 0 saturated carbocycles. The third-order valence-electron chi connectivity index (χ3n) is 3.76. The largest absolute Gasteiger partial charge is 0.391 e. The number of hydrogen-bond donors (Lipinski definition) is 2. The van der Waals surface area contributed by atoms with E-state index in [9.17, 15) is 5.11 Å². The molecule has 0 spiro atoms. The molecule has 1 saturated heterocycles. The predicted octanol–water partition coefficient (Wildman–Crippen LogP) is 2.96. The van der Waals surface area contributed by atoms with E-state index in [2.05, 4.69) is 44.6 Å². The fourth-order valence-corrected chi connectivity index (χ4v) is 3.43. The van der Waals surface area contributed by atoms with Crippen molar-refractivity contribution in [1.29, 1.82) is 0 Å². The Kier molecular flexibility index (Phi) is 7.44. The van der Waals surface area contributed by atoms with Crippen molar-refractivity contribution >= 4 is 41.3 Å². The zero-order chi connectivity index (χ0) is 16.1. The van der Waals surface area contributed by atoms with Crippen molar-refractivity contribution in [3.05, 3.63) is 41.4 Å². The number of halogens is 1. The highest BCUT2D eigenvalue weighted by Gasteiger charge is 2.22. The van der Waals surface area contributed by atoms with Gasteiger partial charge in [-0.2, -0.15) is 0 Å². The molecule has 130 valence electrons. The Morgan fingerprint density at radius 2 is 2.21 bits per heavy atom. The van der Waals surface area contributed by atoms with Crippen LogP contribution in [0.15, 0.2) is 40.7 Å². The van der Waals surface area contributed by atoms with E-state index in [0.717, 1.165) is 41.7 Å². The summed E-state index contributed by atoms with van der Waals surface area (Å²) in [6, 6.07) is 10.2. The minimum Gasteiger partial charge on any atom is -0.391 e. The van der Waals surface area contributed by atoms with Gasteiger partial charge in [-0.3, -0.25) is 0 Å². The maximum Gasteiger partial charge on any atom is 0.194 e. The van der Waals surface area contributed by atoms with E-state index in [1.807, 2.05) is 18.2 Å². The minimum absolute atomic E-state index is 0. The molecule has 2 heterocycles. The van der Waals surface area contributed by atoms with Crippen LogP contribution in [-0.4, -0.2) is 46.7 Å². The van der Waals surface area contributed by atoms with Gasteiger partial charge >= 0.3 is 0 Å². The van der Waals surface area contributed by atoms with Gasteiger partial charge in [0.2, 0.25) is 0 Å². The number of hydrogen-bond acceptors (Lipinski definition) is 4. The lowest BCUT2D eigenvalue weighted by Gasteiger charge is -2.20. The van der Waals surface area contributed by atoms with Crippen LogP contribution in [0.5, 0.6) is 0 Å². The molecule has 0 bridgehead atoms. The summed E-state index contributed by atoms with van der Waals surface area (Å²) < 4.78 is 0. The number of nitrogens with one attached hydrogen (secondary N) is 1. The molecule has 1 atom stereocenters. The number of aliphatic hydroxyl groups excluding tert-OH is 1. The van der Waals surface area contributed by atoms with Gasteiger partial charge in [-0.1, -0.05) is 30.3 Å². The predicted molar refractivity (Wildman–Crippen MR) is 110 cm³/mol. The lowest BCUT2D eigenvalue weighted by molar-refractivity contribution is 0.188. The molecule has 0 amide bonds. The van der Waals surface area contributed by atoms with Crippen molar-refractivity contribution in [3.8, 4) is 10.6 Å². The van der Waals surface area contributed by atoms with Gasteiger partial charge in [-0.15, -0.1) is 35.3 Å². The Labute approximate surface area is 163 Å². The highest BCUT2D eigenvalue weighted by atomic mass is 127. The third-order valence-corrected chi connectivity index (χ3v) is 4.70. The zero-order valence-corrected chi connectivity index (χ0v) is 16.8. The number of aromatic nitrogens is 1. The van der Waals surface area contributed by atoms with E-state index in [1.165, 1.54) is 0 Å². The van der Waals surface area contributed by atoms with Crippen LogP contribution >= 0.6 is 35.3 Å². The van der Waals surface area contributed by atoms with Crippen molar-refractivity contribution in [2.24, 2.45) is 4.99 Å². The Morgan fingerprint density at radius 3 is 2.88 bits per heavy atom. The summed E-state index contributed by atoms with van der Waals surface area (Å²) in [6.07, 6.45) is 0.557. The highest BCUT2D eigenvalue weighted by molar-refractivity contribution is 14.0. The van der Waals surface area contributed by atoms with Crippen molar-refractivity contribution in [3.63, 3.8) is 0 Å². The van der Waals surface area contributed by atoms with Gasteiger partial charge in [0, 0.05) is 30.6 Å². The molecule has 24 heavy (non-hydrogen) atoms. The first-order valence-corrected chi connectivity index (χ1v) is 8.85. The number of aliphatic imine (C=N–C) groups is 1. The SMILES string of the molecule is CCNC(=NCc1csc(-c2ccccc2)n1)N1CC[C@@H](O)C1.I. The quantitative estimate of drug-likeness (QED) is 0.420. The fourth-order valence-electron chi connectivity index (χ4n) is 2.61. The summed E-state index contributed by atoms with van der Waals surface area (Å²) in [5.41, 5.74) is 2.12. The summed E-state index contributed by atoms with van der Waals surface area (Å²) >= 11 is 1.65. The van der Waals surface area contributed by atoms with Crippen molar-refractivity contribution < 1.29 is 5.11 Å². The number of guanidine groups is 1. The molecular weight excluding hydrogens is 435 g/mol. The van der Waals surface area contributed by atoms with Crippen LogP contribution in [0.4, 0.5) is 0 Å². The van der Waals surface area contributed by atoms with Crippen LogP contribution in [0.3, 0.4) is 0 Å². The second kappa shape index (κ2) is 9.33. The van der Waals surface area contributed by atoms with Crippen molar-refractivity contribution in [2.75, 3.05) is 19.6 Å². The topological polar surface area (TPSA) is 60.8 Å². The molecule has 1 aromatic carbocycles. The molecule has 1 aliphatic rings. The Morgan fingerprint density at radius 1 is 1.42 bits per heavy atom. The number of aliphatic hydroxyl groups is 1. The molecule has 1 aliphatic heterocycles. The molecule has 0 unspecified atom stereocenters. The monoisotopic (exact) mass is 458 g/mol. The van der Waals surface area contributed by atoms with Gasteiger partial charge in [0.05, 0.1) is 18.3 Å². The van der Waals surface area contributed by atoms with Gasteiger partial charge in [0.25, 0.3) is 0 Å². The summed E-state index contributed by atoms with van der Waals surface area (Å²) in [5, 5.41) is 16.1. The van der Waals surface area contributed by atoms with Gasteiger partial charge in [0.15, 0.2) is 5.96 Å². The van der Waals surface area contributed by atoms with Crippen LogP contribution in [0.25, 0.3) is 10.6 Å². The first kappa shape index (κ1) is 19.1. The number of rotatable bonds is 4. The smallest absolute Gasteiger partial charge is 0.194 e. The molecular formula is C17H23IN4OS. The number of thiazole rings is 1. The third kappa shape index (κ3) is 4.90. The Bertz CT molecular complexity index is 662. The average molecular weight is 458 g/mol. The number of nitrogens with zero attached hydrogens (tertiary/aromatic N) is 3. The number of likely N-dealkylation sites (tertiary alicyclic amines) is 1. The van der Waals surface area contributed by atoms with Gasteiger partial charge in [-0.05, 0) is 13.3 Å². The van der Waals surface area contributed by atoms with E-state index < -0.39 is 0 Å². The molecule has 0 aliphatic carbocycles. The van der Waals surface area contributed by atoms with E-state index in [0.29, 0.717) is 13.1 Å². The molecule has 1 aromatic heterocycles. The van der Waals surface area contributed by atoms with E-state index in [4.69, 9.17) is 0 Å². The molecule has 1 fully saturated rings. The normalized spacial score (nSPS) is 17.7. The van der Waals surface area contributed by atoms with Gasteiger partial charge in [0.1, 0.15) is 5.01 Å². The second-order valence-electron chi connectivity index (χ2n) is 5.57. The standard InChI is InChI=1S/C17H22N4OS.HI/c1-2-18-17(21-9-8-15(22)11-21)19-10-14-12-23-16(20-14)13-6-4-3-5-7-13;/h3-7,12,15,22H,2,8-11H2,1H3,(H,18,19);1H/t15-;/m1./s1. The number of β-amino-alcohol motifs (C(OH)–C–C–N with tert-alkyl or cyclic N) is 1.